The van der Waals surface area contributed by atoms with Crippen molar-refractivity contribution in [2.24, 2.45) is 0 Å². The summed E-state index contributed by atoms with van der Waals surface area (Å²) in [4.78, 5) is 30.5. The van der Waals surface area contributed by atoms with Crippen LogP contribution < -0.4 is 9.64 Å². The van der Waals surface area contributed by atoms with Crippen molar-refractivity contribution in [1.29, 1.82) is 0 Å². The number of carbonyl (C=O) groups is 2. The van der Waals surface area contributed by atoms with E-state index in [1.165, 1.54) is 18.7 Å². The van der Waals surface area contributed by atoms with Crippen molar-refractivity contribution in [2.75, 3.05) is 38.7 Å². The fourth-order valence-corrected chi connectivity index (χ4v) is 5.32. The van der Waals surface area contributed by atoms with E-state index in [4.69, 9.17) is 21.1 Å². The van der Waals surface area contributed by atoms with Crippen LogP contribution in [-0.2, 0) is 14.3 Å². The maximum absolute atomic E-state index is 13.8. The summed E-state index contributed by atoms with van der Waals surface area (Å²) in [6, 6.07) is 13.0. The molecule has 0 saturated carbocycles. The van der Waals surface area contributed by atoms with Gasteiger partial charge in [0.05, 0.1) is 18.0 Å². The number of benzene rings is 2. The number of anilines is 1. The first-order chi connectivity index (χ1) is 15.3. The molecule has 1 aliphatic rings. The maximum Gasteiger partial charge on any atom is 0.303 e. The highest BCUT2D eigenvalue weighted by molar-refractivity contribution is 7.99. The van der Waals surface area contributed by atoms with E-state index in [1.807, 2.05) is 43.4 Å². The van der Waals surface area contributed by atoms with Gasteiger partial charge < -0.3 is 19.3 Å². The first-order valence-electron chi connectivity index (χ1n) is 10.6. The number of ether oxygens (including phenoxy) is 2. The van der Waals surface area contributed by atoms with E-state index in [1.54, 1.807) is 18.1 Å². The van der Waals surface area contributed by atoms with Gasteiger partial charge in [0, 0.05) is 29.9 Å². The molecular weight excluding hydrogens is 448 g/mol. The lowest BCUT2D eigenvalue weighted by molar-refractivity contribution is -0.152. The van der Waals surface area contributed by atoms with Crippen LogP contribution in [0.15, 0.2) is 47.4 Å². The third-order valence-corrected chi connectivity index (χ3v) is 6.89. The fourth-order valence-electron chi connectivity index (χ4n) is 3.73. The van der Waals surface area contributed by atoms with E-state index in [9.17, 15) is 9.59 Å². The minimum atomic E-state index is -0.964. The molecule has 0 saturated heterocycles. The summed E-state index contributed by atoms with van der Waals surface area (Å²) >= 11 is 7.79. The Balaban J connectivity index is 2.04. The number of rotatable bonds is 8. The van der Waals surface area contributed by atoms with Crippen molar-refractivity contribution in [3.8, 4) is 5.75 Å². The van der Waals surface area contributed by atoms with Gasteiger partial charge in [0.15, 0.2) is 6.10 Å². The summed E-state index contributed by atoms with van der Waals surface area (Å²) < 4.78 is 10.9. The van der Waals surface area contributed by atoms with Crippen LogP contribution >= 0.6 is 23.4 Å². The van der Waals surface area contributed by atoms with Gasteiger partial charge >= 0.3 is 5.97 Å². The number of fused-ring (bicyclic) bond motifs is 1. The fraction of sp³-hybridized carbons (Fsp3) is 0.417. The molecule has 0 spiro atoms. The largest absolute Gasteiger partial charge is 0.497 e. The number of nitrogens with zero attached hydrogens (tertiary/aromatic N) is 2. The molecule has 2 aromatic carbocycles. The Bertz CT molecular complexity index is 954. The molecule has 2 aromatic rings. The highest BCUT2D eigenvalue weighted by Gasteiger charge is 2.40. The topological polar surface area (TPSA) is 59.1 Å². The second kappa shape index (κ2) is 11.1. The Morgan fingerprint density at radius 1 is 1.19 bits per heavy atom. The molecule has 0 bridgehead atoms. The van der Waals surface area contributed by atoms with Crippen LogP contribution in [0.3, 0.4) is 0 Å². The predicted octanol–water partition coefficient (Wildman–Crippen LogP) is 4.80. The molecule has 32 heavy (non-hydrogen) atoms. The summed E-state index contributed by atoms with van der Waals surface area (Å²) in [7, 11) is 3.64. The molecule has 1 heterocycles. The van der Waals surface area contributed by atoms with E-state index >= 15 is 0 Å². The molecule has 0 radical (unpaired) electrons. The van der Waals surface area contributed by atoms with E-state index < -0.39 is 17.3 Å². The molecule has 0 aliphatic carbocycles. The van der Waals surface area contributed by atoms with Crippen LogP contribution in [0, 0.1) is 0 Å². The summed E-state index contributed by atoms with van der Waals surface area (Å²) in [5.74, 6) is -0.0132. The zero-order valence-corrected chi connectivity index (χ0v) is 20.4. The van der Waals surface area contributed by atoms with Crippen LogP contribution in [0.25, 0.3) is 0 Å². The quantitative estimate of drug-likeness (QED) is 0.510. The molecule has 1 amide bonds. The van der Waals surface area contributed by atoms with Crippen molar-refractivity contribution in [1.82, 2.24) is 4.90 Å². The third-order valence-electron chi connectivity index (χ3n) is 5.30. The number of methoxy groups -OCH3 is 1. The van der Waals surface area contributed by atoms with Crippen molar-refractivity contribution in [2.45, 2.75) is 36.5 Å². The molecule has 3 rings (SSSR count). The normalized spacial score (nSPS) is 18.3. The zero-order chi connectivity index (χ0) is 23.3. The van der Waals surface area contributed by atoms with Gasteiger partial charge in [-0.2, -0.15) is 0 Å². The van der Waals surface area contributed by atoms with Crippen LogP contribution in [0.4, 0.5) is 5.69 Å². The number of hydrogen-bond donors (Lipinski definition) is 0. The lowest BCUT2D eigenvalue weighted by Gasteiger charge is -2.29. The lowest BCUT2D eigenvalue weighted by atomic mass is 10.1. The smallest absolute Gasteiger partial charge is 0.303 e. The van der Waals surface area contributed by atoms with E-state index in [2.05, 4.69) is 11.8 Å². The summed E-state index contributed by atoms with van der Waals surface area (Å²) in [5, 5.41) is 0.166. The van der Waals surface area contributed by atoms with E-state index in [0.29, 0.717) is 23.9 Å². The minimum absolute atomic E-state index is 0.237. The predicted molar refractivity (Wildman–Crippen MR) is 129 cm³/mol. The highest BCUT2D eigenvalue weighted by atomic mass is 35.5. The van der Waals surface area contributed by atoms with Crippen LogP contribution in [0.2, 0.25) is 5.02 Å². The summed E-state index contributed by atoms with van der Waals surface area (Å²) in [6.07, 6.45) is 0.0656. The number of halogens is 1. The molecular formula is C24H29ClN2O4S. The minimum Gasteiger partial charge on any atom is -0.497 e. The Morgan fingerprint density at radius 3 is 2.53 bits per heavy atom. The first-order valence-corrected chi connectivity index (χ1v) is 11.9. The van der Waals surface area contributed by atoms with E-state index in [0.717, 1.165) is 29.1 Å². The number of carbonyl (C=O) groups excluding carboxylic acids is 2. The Hall–Kier alpha value is -2.22. The molecule has 2 atom stereocenters. The molecule has 1 aliphatic heterocycles. The van der Waals surface area contributed by atoms with Gasteiger partial charge in [-0.05, 0) is 55.9 Å². The van der Waals surface area contributed by atoms with Gasteiger partial charge in [-0.15, -0.1) is 11.8 Å². The van der Waals surface area contributed by atoms with Gasteiger partial charge in [0.25, 0.3) is 5.91 Å². The number of amides is 1. The van der Waals surface area contributed by atoms with Gasteiger partial charge in [-0.1, -0.05) is 30.7 Å². The third kappa shape index (κ3) is 5.77. The summed E-state index contributed by atoms with van der Waals surface area (Å²) in [6.45, 7) is 5.57. The molecule has 0 unspecified atom stereocenters. The first kappa shape index (κ1) is 24.4. The van der Waals surface area contributed by atoms with Crippen LogP contribution in [0.1, 0.15) is 31.1 Å². The van der Waals surface area contributed by atoms with Crippen molar-refractivity contribution in [3.05, 3.63) is 53.1 Å². The van der Waals surface area contributed by atoms with Gasteiger partial charge in [0.2, 0.25) is 0 Å². The SMILES string of the molecule is CCCN(C)CCN1C(=O)[C@@H](OC(C)=O)[C@@H](c2ccc(OC)cc2)Sc2cc(Cl)ccc21. The summed E-state index contributed by atoms with van der Waals surface area (Å²) in [5.41, 5.74) is 1.65. The van der Waals surface area contributed by atoms with E-state index in [-0.39, 0.29) is 5.91 Å². The van der Waals surface area contributed by atoms with Gasteiger partial charge in [-0.3, -0.25) is 9.59 Å². The van der Waals surface area contributed by atoms with Crippen LogP contribution in [-0.4, -0.2) is 56.7 Å². The molecule has 0 fully saturated rings. The lowest BCUT2D eigenvalue weighted by Crippen LogP contribution is -2.45. The molecule has 172 valence electrons. The van der Waals surface area contributed by atoms with Gasteiger partial charge in [-0.25, -0.2) is 0 Å². The molecule has 6 nitrogen and oxygen atoms in total. The number of likely N-dealkylation sites (N-methyl/N-ethyl adjacent to an activating group) is 1. The molecule has 8 heteroatoms. The second-order valence-corrected chi connectivity index (χ2v) is 9.37. The second-order valence-electron chi connectivity index (χ2n) is 7.75. The zero-order valence-electron chi connectivity index (χ0n) is 18.8. The molecule has 0 aromatic heterocycles. The Morgan fingerprint density at radius 2 is 1.91 bits per heavy atom. The standard InChI is InChI=1S/C24H29ClN2O4S/c1-5-12-26(3)13-14-27-20-11-8-18(25)15-21(20)32-23(22(24(27)29)31-16(2)28)17-6-9-19(30-4)10-7-17/h6-11,15,22-23H,5,12-14H2,1-4H3/t22-,23+/m0/s1. The van der Waals surface area contributed by atoms with Crippen molar-refractivity contribution < 1.29 is 19.1 Å². The Labute approximate surface area is 198 Å². The monoisotopic (exact) mass is 476 g/mol. The number of hydrogen-bond acceptors (Lipinski definition) is 6. The Kier molecular flexibility index (Phi) is 8.45. The van der Waals surface area contributed by atoms with Crippen molar-refractivity contribution in [3.63, 3.8) is 0 Å². The highest BCUT2D eigenvalue weighted by Crippen LogP contribution is 2.47. The van der Waals surface area contributed by atoms with Crippen molar-refractivity contribution >= 4 is 40.9 Å². The average molecular weight is 477 g/mol. The van der Waals surface area contributed by atoms with Crippen LogP contribution in [0.5, 0.6) is 5.75 Å². The molecule has 0 N–H and O–H groups in total. The van der Waals surface area contributed by atoms with Gasteiger partial charge in [0.1, 0.15) is 5.75 Å². The number of thioether (sulfide) groups is 1. The number of esters is 1. The average Bonchev–Trinajstić information content (AvgIpc) is 2.87. The maximum atomic E-state index is 13.8.